The molecule has 2 heterocycles. The average Bonchev–Trinajstić information content (AvgIpc) is 2.98. The first kappa shape index (κ1) is 14.8. The van der Waals surface area contributed by atoms with E-state index < -0.39 is 0 Å². The zero-order chi connectivity index (χ0) is 15.5. The van der Waals surface area contributed by atoms with Crippen LogP contribution in [0.5, 0.6) is 0 Å². The van der Waals surface area contributed by atoms with Crippen molar-refractivity contribution < 1.29 is 0 Å². The second-order valence-corrected chi connectivity index (χ2v) is 6.21. The van der Waals surface area contributed by atoms with Crippen LogP contribution in [0.25, 0.3) is 11.4 Å². The highest BCUT2D eigenvalue weighted by atomic mass is 79.9. The maximum absolute atomic E-state index is 4.49. The Balaban J connectivity index is 1.90. The van der Waals surface area contributed by atoms with Crippen molar-refractivity contribution in [3.63, 3.8) is 0 Å². The van der Waals surface area contributed by atoms with Gasteiger partial charge in [-0.2, -0.15) is 4.80 Å². The van der Waals surface area contributed by atoms with E-state index in [1.54, 1.807) is 17.2 Å². The molecule has 0 unspecified atom stereocenters. The minimum atomic E-state index is 0.383. The molecule has 1 aromatic carbocycles. The summed E-state index contributed by atoms with van der Waals surface area (Å²) >= 11 is 3.54. The van der Waals surface area contributed by atoms with Gasteiger partial charge in [-0.1, -0.05) is 48.0 Å². The highest BCUT2D eigenvalue weighted by molar-refractivity contribution is 9.10. The molecular formula is C16H16BrN5. The minimum absolute atomic E-state index is 0.383. The van der Waals surface area contributed by atoms with Crippen LogP contribution in [0.3, 0.4) is 0 Å². The van der Waals surface area contributed by atoms with Crippen LogP contribution in [0.4, 0.5) is 0 Å². The second kappa shape index (κ2) is 6.36. The van der Waals surface area contributed by atoms with E-state index in [0.29, 0.717) is 18.3 Å². The molecule has 0 radical (unpaired) electrons. The first-order valence-corrected chi connectivity index (χ1v) is 7.90. The molecule has 112 valence electrons. The average molecular weight is 358 g/mol. The summed E-state index contributed by atoms with van der Waals surface area (Å²) in [5.41, 5.74) is 3.23. The Kier molecular flexibility index (Phi) is 4.29. The van der Waals surface area contributed by atoms with E-state index in [0.717, 1.165) is 15.6 Å². The zero-order valence-corrected chi connectivity index (χ0v) is 14.0. The highest BCUT2D eigenvalue weighted by Crippen LogP contribution is 2.25. The minimum Gasteiger partial charge on any atom is -0.264 e. The van der Waals surface area contributed by atoms with Gasteiger partial charge in [0.25, 0.3) is 0 Å². The molecule has 0 amide bonds. The lowest BCUT2D eigenvalue weighted by molar-refractivity contribution is 0.571. The topological polar surface area (TPSA) is 56.5 Å². The number of pyridine rings is 1. The number of tetrazole rings is 1. The molecule has 0 spiro atoms. The van der Waals surface area contributed by atoms with Crippen LogP contribution in [0.2, 0.25) is 0 Å². The third kappa shape index (κ3) is 3.06. The van der Waals surface area contributed by atoms with Crippen LogP contribution in [0.15, 0.2) is 47.2 Å². The summed E-state index contributed by atoms with van der Waals surface area (Å²) in [4.78, 5) is 5.79. The van der Waals surface area contributed by atoms with E-state index in [1.807, 2.05) is 30.3 Å². The van der Waals surface area contributed by atoms with Crippen molar-refractivity contribution in [2.75, 3.05) is 0 Å². The predicted octanol–water partition coefficient (Wildman–Crippen LogP) is 3.67. The molecule has 3 rings (SSSR count). The zero-order valence-electron chi connectivity index (χ0n) is 12.4. The van der Waals surface area contributed by atoms with Crippen LogP contribution in [0, 0.1) is 0 Å². The Labute approximate surface area is 137 Å². The van der Waals surface area contributed by atoms with Gasteiger partial charge in [0.1, 0.15) is 0 Å². The molecule has 0 saturated carbocycles. The van der Waals surface area contributed by atoms with Gasteiger partial charge in [0.2, 0.25) is 5.82 Å². The van der Waals surface area contributed by atoms with Crippen molar-refractivity contribution in [3.8, 4) is 11.4 Å². The summed E-state index contributed by atoms with van der Waals surface area (Å²) in [6, 6.07) is 10.0. The van der Waals surface area contributed by atoms with Crippen LogP contribution < -0.4 is 0 Å². The van der Waals surface area contributed by atoms with Gasteiger partial charge in [-0.25, -0.2) is 0 Å². The lowest BCUT2D eigenvalue weighted by Gasteiger charge is -2.08. The molecule has 22 heavy (non-hydrogen) atoms. The fourth-order valence-corrected chi connectivity index (χ4v) is 2.70. The molecule has 0 N–H and O–H groups in total. The SMILES string of the molecule is CC(C)c1ccncc1-c1nnn(Cc2ccccc2Br)n1. The van der Waals surface area contributed by atoms with E-state index in [2.05, 4.69) is 50.2 Å². The maximum Gasteiger partial charge on any atom is 0.206 e. The Bertz CT molecular complexity index is 781. The van der Waals surface area contributed by atoms with Crippen LogP contribution in [-0.4, -0.2) is 25.2 Å². The van der Waals surface area contributed by atoms with Crippen LogP contribution in [-0.2, 0) is 6.54 Å². The molecule has 2 aromatic heterocycles. The third-order valence-electron chi connectivity index (χ3n) is 3.44. The fraction of sp³-hybridized carbons (Fsp3) is 0.250. The summed E-state index contributed by atoms with van der Waals surface area (Å²) < 4.78 is 1.04. The summed E-state index contributed by atoms with van der Waals surface area (Å²) in [6.07, 6.45) is 3.60. The van der Waals surface area contributed by atoms with Crippen LogP contribution >= 0.6 is 15.9 Å². The Morgan fingerprint density at radius 1 is 1.18 bits per heavy atom. The molecule has 5 nitrogen and oxygen atoms in total. The lowest BCUT2D eigenvalue weighted by Crippen LogP contribution is -2.04. The van der Waals surface area contributed by atoms with Crippen molar-refractivity contribution in [2.24, 2.45) is 0 Å². The second-order valence-electron chi connectivity index (χ2n) is 5.35. The molecule has 0 fully saturated rings. The first-order chi connectivity index (χ1) is 10.6. The Morgan fingerprint density at radius 2 is 2.00 bits per heavy atom. The van der Waals surface area contributed by atoms with E-state index in [9.17, 15) is 0 Å². The van der Waals surface area contributed by atoms with Gasteiger partial charge < -0.3 is 0 Å². The third-order valence-corrected chi connectivity index (χ3v) is 4.21. The predicted molar refractivity (Wildman–Crippen MR) is 88.4 cm³/mol. The van der Waals surface area contributed by atoms with E-state index >= 15 is 0 Å². The lowest BCUT2D eigenvalue weighted by atomic mass is 9.99. The maximum atomic E-state index is 4.49. The molecule has 0 aliphatic heterocycles. The van der Waals surface area contributed by atoms with Crippen molar-refractivity contribution in [1.29, 1.82) is 0 Å². The summed E-state index contributed by atoms with van der Waals surface area (Å²) in [6.45, 7) is 4.86. The van der Waals surface area contributed by atoms with E-state index in [-0.39, 0.29) is 0 Å². The smallest absolute Gasteiger partial charge is 0.206 e. The summed E-state index contributed by atoms with van der Waals surface area (Å²) in [5.74, 6) is 0.997. The molecule has 3 aromatic rings. The molecule has 0 saturated heterocycles. The summed E-state index contributed by atoms with van der Waals surface area (Å²) in [7, 11) is 0. The standard InChI is InChI=1S/C16H16BrN5/c1-11(2)13-7-8-18-9-14(13)16-19-21-22(20-16)10-12-5-3-4-6-15(12)17/h3-9,11H,10H2,1-2H3. The fourth-order valence-electron chi connectivity index (χ4n) is 2.29. The molecular weight excluding hydrogens is 342 g/mol. The number of rotatable bonds is 4. The van der Waals surface area contributed by atoms with Gasteiger partial charge in [-0.3, -0.25) is 4.98 Å². The normalized spacial score (nSPS) is 11.1. The molecule has 0 aliphatic carbocycles. The number of nitrogens with zero attached hydrogens (tertiary/aromatic N) is 5. The van der Waals surface area contributed by atoms with Crippen molar-refractivity contribution in [1.82, 2.24) is 25.2 Å². The van der Waals surface area contributed by atoms with Crippen LogP contribution in [0.1, 0.15) is 30.9 Å². The Morgan fingerprint density at radius 3 is 2.77 bits per heavy atom. The first-order valence-electron chi connectivity index (χ1n) is 7.10. The number of hydrogen-bond donors (Lipinski definition) is 0. The van der Waals surface area contributed by atoms with Gasteiger partial charge in [0, 0.05) is 22.4 Å². The van der Waals surface area contributed by atoms with Gasteiger partial charge in [-0.15, -0.1) is 10.2 Å². The molecule has 6 heteroatoms. The molecule has 0 bridgehead atoms. The largest absolute Gasteiger partial charge is 0.264 e. The van der Waals surface area contributed by atoms with Gasteiger partial charge in [0.05, 0.1) is 6.54 Å². The van der Waals surface area contributed by atoms with E-state index in [4.69, 9.17) is 0 Å². The summed E-state index contributed by atoms with van der Waals surface area (Å²) in [5, 5.41) is 12.8. The quantitative estimate of drug-likeness (QED) is 0.714. The van der Waals surface area contributed by atoms with Gasteiger partial charge in [0.15, 0.2) is 0 Å². The van der Waals surface area contributed by atoms with E-state index in [1.165, 1.54) is 5.56 Å². The molecule has 0 atom stereocenters. The number of benzene rings is 1. The monoisotopic (exact) mass is 357 g/mol. The highest BCUT2D eigenvalue weighted by Gasteiger charge is 2.13. The number of hydrogen-bond acceptors (Lipinski definition) is 4. The number of halogens is 1. The number of aromatic nitrogens is 5. The van der Waals surface area contributed by atoms with Gasteiger partial charge in [-0.05, 0) is 34.4 Å². The molecule has 0 aliphatic rings. The van der Waals surface area contributed by atoms with Gasteiger partial charge >= 0.3 is 0 Å². The van der Waals surface area contributed by atoms with Crippen molar-refractivity contribution in [3.05, 3.63) is 58.3 Å². The van der Waals surface area contributed by atoms with Crippen molar-refractivity contribution >= 4 is 15.9 Å². The van der Waals surface area contributed by atoms with Crippen molar-refractivity contribution in [2.45, 2.75) is 26.3 Å². The Hall–Kier alpha value is -2.08.